The number of amides is 1. The van der Waals surface area contributed by atoms with E-state index >= 15 is 0 Å². The standard InChI is InChI=1S/C19H20N2O3/c22-17(21-10-3-4-11-21)12-24-19(23)18-13-6-1-2-8-15(13)20-16-9-5-7-14(16)18/h1-2,6,8H,3-5,7,9-12H2. The molecule has 0 unspecified atom stereocenters. The third-order valence-corrected chi connectivity index (χ3v) is 4.91. The molecule has 24 heavy (non-hydrogen) atoms. The van der Waals surface area contributed by atoms with Crippen LogP contribution < -0.4 is 0 Å². The molecule has 2 aliphatic rings. The maximum absolute atomic E-state index is 12.7. The third kappa shape index (κ3) is 2.64. The van der Waals surface area contributed by atoms with Crippen LogP contribution in [0.2, 0.25) is 0 Å². The zero-order valence-electron chi connectivity index (χ0n) is 13.6. The summed E-state index contributed by atoms with van der Waals surface area (Å²) < 4.78 is 5.38. The molecule has 2 aromatic rings. The summed E-state index contributed by atoms with van der Waals surface area (Å²) in [6.45, 7) is 1.36. The Labute approximate surface area is 140 Å². The maximum Gasteiger partial charge on any atom is 0.339 e. The predicted molar refractivity (Wildman–Crippen MR) is 89.9 cm³/mol. The molecule has 5 heteroatoms. The number of esters is 1. The molecule has 1 aliphatic heterocycles. The van der Waals surface area contributed by atoms with Crippen molar-refractivity contribution in [2.24, 2.45) is 0 Å². The van der Waals surface area contributed by atoms with Gasteiger partial charge in [0.1, 0.15) is 0 Å². The van der Waals surface area contributed by atoms with Gasteiger partial charge in [0.05, 0.1) is 11.1 Å². The van der Waals surface area contributed by atoms with E-state index in [2.05, 4.69) is 4.98 Å². The van der Waals surface area contributed by atoms with Crippen LogP contribution in [-0.2, 0) is 22.4 Å². The second-order valence-electron chi connectivity index (χ2n) is 6.45. The van der Waals surface area contributed by atoms with E-state index in [9.17, 15) is 9.59 Å². The maximum atomic E-state index is 12.7. The van der Waals surface area contributed by atoms with Crippen molar-refractivity contribution in [1.29, 1.82) is 0 Å². The number of fused-ring (bicyclic) bond motifs is 2. The zero-order chi connectivity index (χ0) is 16.5. The van der Waals surface area contributed by atoms with Crippen molar-refractivity contribution < 1.29 is 14.3 Å². The van der Waals surface area contributed by atoms with Crippen LogP contribution >= 0.6 is 0 Å². The smallest absolute Gasteiger partial charge is 0.339 e. The number of nitrogens with zero attached hydrogens (tertiary/aromatic N) is 2. The normalized spacial score (nSPS) is 16.4. The van der Waals surface area contributed by atoms with Gasteiger partial charge in [0, 0.05) is 24.2 Å². The van der Waals surface area contributed by atoms with Crippen LogP contribution in [0.5, 0.6) is 0 Å². The minimum Gasteiger partial charge on any atom is -0.452 e. The largest absolute Gasteiger partial charge is 0.452 e. The van der Waals surface area contributed by atoms with Crippen molar-refractivity contribution in [1.82, 2.24) is 9.88 Å². The first-order chi connectivity index (χ1) is 11.7. The predicted octanol–water partition coefficient (Wildman–Crippen LogP) is 2.50. The molecule has 1 fully saturated rings. The first-order valence-corrected chi connectivity index (χ1v) is 8.59. The lowest BCUT2D eigenvalue weighted by atomic mass is 10.0. The van der Waals surface area contributed by atoms with E-state index in [4.69, 9.17) is 4.74 Å². The zero-order valence-corrected chi connectivity index (χ0v) is 13.6. The Kier molecular flexibility index (Phi) is 3.92. The van der Waals surface area contributed by atoms with Gasteiger partial charge in [0.15, 0.2) is 6.61 Å². The Morgan fingerprint density at radius 3 is 2.71 bits per heavy atom. The van der Waals surface area contributed by atoms with Crippen molar-refractivity contribution in [3.8, 4) is 0 Å². The molecule has 0 spiro atoms. The van der Waals surface area contributed by atoms with Crippen LogP contribution in [0.4, 0.5) is 0 Å². The third-order valence-electron chi connectivity index (χ3n) is 4.91. The number of aromatic nitrogens is 1. The highest BCUT2D eigenvalue weighted by molar-refractivity contribution is 6.05. The number of likely N-dealkylation sites (tertiary alicyclic amines) is 1. The lowest BCUT2D eigenvalue weighted by Crippen LogP contribution is -2.32. The Balaban J connectivity index is 1.61. The van der Waals surface area contributed by atoms with Crippen LogP contribution in [0.1, 0.15) is 40.9 Å². The molecule has 1 aromatic carbocycles. The molecule has 0 bridgehead atoms. The van der Waals surface area contributed by atoms with Crippen molar-refractivity contribution >= 4 is 22.8 Å². The molecule has 1 aromatic heterocycles. The van der Waals surface area contributed by atoms with Crippen molar-refractivity contribution in [2.45, 2.75) is 32.1 Å². The second kappa shape index (κ2) is 6.23. The van der Waals surface area contributed by atoms with Crippen LogP contribution in [0.15, 0.2) is 24.3 Å². The Bertz CT molecular complexity index is 810. The monoisotopic (exact) mass is 324 g/mol. The van der Waals surface area contributed by atoms with Gasteiger partial charge in [-0.3, -0.25) is 9.78 Å². The number of ether oxygens (including phenoxy) is 1. The van der Waals surface area contributed by atoms with Gasteiger partial charge in [-0.2, -0.15) is 0 Å². The van der Waals surface area contributed by atoms with Gasteiger partial charge >= 0.3 is 5.97 Å². The number of carbonyl (C=O) groups excluding carboxylic acids is 2. The molecule has 0 saturated carbocycles. The van der Waals surface area contributed by atoms with Crippen molar-refractivity contribution in [2.75, 3.05) is 19.7 Å². The molecule has 0 N–H and O–H groups in total. The highest BCUT2D eigenvalue weighted by atomic mass is 16.5. The van der Waals surface area contributed by atoms with E-state index in [0.29, 0.717) is 5.56 Å². The molecule has 1 aliphatic carbocycles. The fourth-order valence-electron chi connectivity index (χ4n) is 3.70. The summed E-state index contributed by atoms with van der Waals surface area (Å²) in [6, 6.07) is 7.64. The first-order valence-electron chi connectivity index (χ1n) is 8.59. The molecule has 5 nitrogen and oxygen atoms in total. The summed E-state index contributed by atoms with van der Waals surface area (Å²) in [5.74, 6) is -0.504. The van der Waals surface area contributed by atoms with E-state index in [1.165, 1.54) is 0 Å². The SMILES string of the molecule is O=C(OCC(=O)N1CCCC1)c1c2c(nc3ccccc13)CCC2. The molecule has 1 amide bonds. The van der Waals surface area contributed by atoms with Crippen molar-refractivity contribution in [3.63, 3.8) is 0 Å². The van der Waals surface area contributed by atoms with Gasteiger partial charge in [-0.25, -0.2) is 4.79 Å². The van der Waals surface area contributed by atoms with Gasteiger partial charge < -0.3 is 9.64 Å². The van der Waals surface area contributed by atoms with Crippen LogP contribution in [0, 0.1) is 0 Å². The summed E-state index contributed by atoms with van der Waals surface area (Å²) in [7, 11) is 0. The minimum atomic E-state index is -0.403. The van der Waals surface area contributed by atoms with E-state index < -0.39 is 5.97 Å². The molecular formula is C19H20N2O3. The summed E-state index contributed by atoms with van der Waals surface area (Å²) >= 11 is 0. The van der Waals surface area contributed by atoms with Gasteiger partial charge in [-0.1, -0.05) is 18.2 Å². The first kappa shape index (κ1) is 15.1. The van der Waals surface area contributed by atoms with Gasteiger partial charge in [0.25, 0.3) is 5.91 Å². The summed E-state index contributed by atoms with van der Waals surface area (Å²) in [6.07, 6.45) is 4.81. The van der Waals surface area contributed by atoms with Gasteiger partial charge in [0.2, 0.25) is 0 Å². The van der Waals surface area contributed by atoms with E-state index in [0.717, 1.165) is 67.4 Å². The van der Waals surface area contributed by atoms with Gasteiger partial charge in [-0.05, 0) is 43.7 Å². The lowest BCUT2D eigenvalue weighted by molar-refractivity contribution is -0.133. The molecule has 1 saturated heterocycles. The fourth-order valence-corrected chi connectivity index (χ4v) is 3.70. The second-order valence-corrected chi connectivity index (χ2v) is 6.45. The molecule has 0 radical (unpaired) electrons. The number of benzene rings is 1. The number of rotatable bonds is 3. The number of aryl methyl sites for hydroxylation is 1. The average Bonchev–Trinajstić information content (AvgIpc) is 3.28. The number of hydrogen-bond acceptors (Lipinski definition) is 4. The van der Waals surface area contributed by atoms with Crippen LogP contribution in [0.25, 0.3) is 10.9 Å². The van der Waals surface area contributed by atoms with E-state index in [-0.39, 0.29) is 12.5 Å². The summed E-state index contributed by atoms with van der Waals surface area (Å²) in [5.41, 5.74) is 3.40. The summed E-state index contributed by atoms with van der Waals surface area (Å²) in [4.78, 5) is 31.3. The molecule has 0 atom stereocenters. The van der Waals surface area contributed by atoms with Crippen molar-refractivity contribution in [3.05, 3.63) is 41.1 Å². The Morgan fingerprint density at radius 2 is 1.88 bits per heavy atom. The number of carbonyl (C=O) groups is 2. The van der Waals surface area contributed by atoms with E-state index in [1.807, 2.05) is 24.3 Å². The average molecular weight is 324 g/mol. The number of pyridine rings is 1. The Morgan fingerprint density at radius 1 is 1.08 bits per heavy atom. The van der Waals surface area contributed by atoms with Crippen LogP contribution in [0.3, 0.4) is 0 Å². The molecule has 2 heterocycles. The Hall–Kier alpha value is -2.43. The van der Waals surface area contributed by atoms with Crippen LogP contribution in [-0.4, -0.2) is 41.5 Å². The highest BCUT2D eigenvalue weighted by Crippen LogP contribution is 2.30. The molecular weight excluding hydrogens is 304 g/mol. The number of para-hydroxylation sites is 1. The molecule has 4 rings (SSSR count). The highest BCUT2D eigenvalue weighted by Gasteiger charge is 2.26. The minimum absolute atomic E-state index is 0.101. The topological polar surface area (TPSA) is 59.5 Å². The quantitative estimate of drug-likeness (QED) is 0.814. The fraction of sp³-hybridized carbons (Fsp3) is 0.421. The summed E-state index contributed by atoms with van der Waals surface area (Å²) in [5, 5.41) is 0.816. The van der Waals surface area contributed by atoms with E-state index in [1.54, 1.807) is 4.90 Å². The van der Waals surface area contributed by atoms with Gasteiger partial charge in [-0.15, -0.1) is 0 Å². The number of hydrogen-bond donors (Lipinski definition) is 0. The molecule has 124 valence electrons. The lowest BCUT2D eigenvalue weighted by Gasteiger charge is -2.16.